The number of hydrogen-bond acceptors (Lipinski definition) is 4. The monoisotopic (exact) mass is 407 g/mol. The molecule has 1 aromatic rings. The predicted molar refractivity (Wildman–Crippen MR) is 110 cm³/mol. The Morgan fingerprint density at radius 1 is 1.04 bits per heavy atom. The summed E-state index contributed by atoms with van der Waals surface area (Å²) in [5, 5.41) is 0. The molecule has 5 nitrogen and oxygen atoms in total. The first-order chi connectivity index (χ1) is 13.4. The third kappa shape index (κ3) is 4.71. The molecule has 5 rings (SSSR count). The smallest absolute Gasteiger partial charge is 0.208 e. The highest BCUT2D eigenvalue weighted by atomic mass is 32.2. The van der Waals surface area contributed by atoms with Crippen molar-refractivity contribution in [2.75, 3.05) is 19.5 Å². The topological polar surface area (TPSA) is 64.6 Å². The summed E-state index contributed by atoms with van der Waals surface area (Å²) in [6.07, 6.45) is 8.90. The van der Waals surface area contributed by atoms with E-state index in [1.807, 2.05) is 0 Å². The first kappa shape index (κ1) is 20.2. The molecular formula is C22H33NO4S. The Hall–Kier alpha value is -1.11. The molecule has 1 unspecified atom stereocenters. The molecule has 2 bridgehead atoms. The van der Waals surface area contributed by atoms with Crippen molar-refractivity contribution in [2.24, 2.45) is 11.8 Å². The van der Waals surface area contributed by atoms with Crippen LogP contribution < -0.4 is 9.46 Å². The molecule has 2 fully saturated rings. The van der Waals surface area contributed by atoms with E-state index in [-0.39, 0.29) is 12.0 Å². The van der Waals surface area contributed by atoms with Gasteiger partial charge in [-0.1, -0.05) is 24.1 Å². The number of sulfonamides is 1. The first-order valence-electron chi connectivity index (χ1n) is 10.7. The van der Waals surface area contributed by atoms with Crippen LogP contribution in [0.5, 0.6) is 5.75 Å². The second-order valence-corrected chi connectivity index (χ2v) is 10.8. The van der Waals surface area contributed by atoms with Crippen molar-refractivity contribution in [2.45, 2.75) is 69.9 Å². The van der Waals surface area contributed by atoms with Crippen LogP contribution in [-0.4, -0.2) is 40.0 Å². The quantitative estimate of drug-likeness (QED) is 0.811. The minimum Gasteiger partial charge on any atom is -0.493 e. The third-order valence-electron chi connectivity index (χ3n) is 6.83. The number of fused-ring (bicyclic) bond motifs is 4. The lowest BCUT2D eigenvalue weighted by atomic mass is 9.76. The van der Waals surface area contributed by atoms with Crippen molar-refractivity contribution < 1.29 is 17.9 Å². The zero-order chi connectivity index (χ0) is 19.7. The number of nitrogens with one attached hydrogen (secondary N) is 1. The summed E-state index contributed by atoms with van der Waals surface area (Å²) in [4.78, 5) is 0. The second-order valence-electron chi connectivity index (χ2n) is 9.01. The maximum absolute atomic E-state index is 11.9. The van der Waals surface area contributed by atoms with Crippen LogP contribution in [0.15, 0.2) is 18.2 Å². The molecule has 0 amide bonds. The molecule has 2 heterocycles. The molecule has 1 aromatic carbocycles. The lowest BCUT2D eigenvalue weighted by molar-refractivity contribution is -0.0298. The van der Waals surface area contributed by atoms with E-state index in [1.54, 1.807) is 0 Å². The van der Waals surface area contributed by atoms with Gasteiger partial charge in [0.05, 0.1) is 25.6 Å². The average Bonchev–Trinajstić information content (AvgIpc) is 2.64. The number of hydrogen-bond donors (Lipinski definition) is 1. The second kappa shape index (κ2) is 8.33. The Kier molecular flexibility index (Phi) is 6.00. The highest BCUT2D eigenvalue weighted by Crippen LogP contribution is 2.41. The SMILES string of the molecule is Cc1ccc2c(c1)[C@H]1CC[C@H](CC1)OC[C@@H]1C(CCC[C@@H]1NS(C)(=O)=O)CO2. The van der Waals surface area contributed by atoms with Crippen LogP contribution in [0.2, 0.25) is 0 Å². The van der Waals surface area contributed by atoms with Gasteiger partial charge in [-0.3, -0.25) is 0 Å². The van der Waals surface area contributed by atoms with Crippen molar-refractivity contribution in [3.8, 4) is 5.75 Å². The minimum atomic E-state index is -3.24. The van der Waals surface area contributed by atoms with Crippen LogP contribution in [0.3, 0.4) is 0 Å². The number of aryl methyl sites for hydroxylation is 1. The number of ether oxygens (including phenoxy) is 2. The molecule has 1 N–H and O–H groups in total. The van der Waals surface area contributed by atoms with Gasteiger partial charge in [0.15, 0.2) is 0 Å². The van der Waals surface area contributed by atoms with Crippen molar-refractivity contribution in [3.05, 3.63) is 29.3 Å². The lowest BCUT2D eigenvalue weighted by Crippen LogP contribution is -2.48. The summed E-state index contributed by atoms with van der Waals surface area (Å²) < 4.78 is 39.4. The average molecular weight is 408 g/mol. The van der Waals surface area contributed by atoms with Crippen molar-refractivity contribution in [3.63, 3.8) is 0 Å². The molecule has 4 aliphatic rings. The molecule has 2 aliphatic carbocycles. The van der Waals surface area contributed by atoms with E-state index in [0.717, 1.165) is 50.7 Å². The van der Waals surface area contributed by atoms with E-state index >= 15 is 0 Å². The minimum absolute atomic E-state index is 0.0610. The summed E-state index contributed by atoms with van der Waals surface area (Å²) in [5.41, 5.74) is 2.62. The zero-order valence-corrected chi connectivity index (χ0v) is 17.8. The van der Waals surface area contributed by atoms with Gasteiger partial charge in [0.25, 0.3) is 0 Å². The number of rotatable bonds is 2. The molecule has 3 atom stereocenters. The maximum Gasteiger partial charge on any atom is 0.208 e. The summed E-state index contributed by atoms with van der Waals surface area (Å²) in [5.74, 6) is 2.04. The van der Waals surface area contributed by atoms with Crippen LogP contribution >= 0.6 is 0 Å². The summed E-state index contributed by atoms with van der Waals surface area (Å²) in [7, 11) is -3.24. The fourth-order valence-electron chi connectivity index (χ4n) is 5.34. The van der Waals surface area contributed by atoms with Gasteiger partial charge in [0.1, 0.15) is 5.75 Å². The van der Waals surface area contributed by atoms with Crippen LogP contribution in [0.4, 0.5) is 0 Å². The Morgan fingerprint density at radius 2 is 1.82 bits per heavy atom. The Morgan fingerprint density at radius 3 is 2.57 bits per heavy atom. The molecule has 2 saturated carbocycles. The van der Waals surface area contributed by atoms with E-state index in [4.69, 9.17) is 9.47 Å². The molecule has 156 valence electrons. The van der Waals surface area contributed by atoms with Gasteiger partial charge in [0, 0.05) is 12.0 Å². The zero-order valence-electron chi connectivity index (χ0n) is 17.0. The Balaban J connectivity index is 1.61. The molecule has 0 saturated heterocycles. The Bertz CT molecular complexity index is 786. The first-order valence-corrected chi connectivity index (χ1v) is 12.6. The molecule has 2 aliphatic heterocycles. The van der Waals surface area contributed by atoms with Gasteiger partial charge < -0.3 is 9.47 Å². The van der Waals surface area contributed by atoms with Gasteiger partial charge in [-0.2, -0.15) is 0 Å². The Labute approximate surface area is 169 Å². The van der Waals surface area contributed by atoms with E-state index in [0.29, 0.717) is 31.2 Å². The summed E-state index contributed by atoms with van der Waals surface area (Å²) in [6.45, 7) is 3.39. The van der Waals surface area contributed by atoms with Crippen molar-refractivity contribution in [1.29, 1.82) is 0 Å². The molecule has 6 heteroatoms. The summed E-state index contributed by atoms with van der Waals surface area (Å²) >= 11 is 0. The fourth-order valence-corrected chi connectivity index (χ4v) is 6.18. The van der Waals surface area contributed by atoms with Crippen LogP contribution in [0.25, 0.3) is 0 Å². The largest absolute Gasteiger partial charge is 0.493 e. The van der Waals surface area contributed by atoms with Crippen LogP contribution in [0.1, 0.15) is 62.0 Å². The van der Waals surface area contributed by atoms with E-state index in [9.17, 15) is 8.42 Å². The van der Waals surface area contributed by atoms with Gasteiger partial charge in [-0.15, -0.1) is 0 Å². The van der Waals surface area contributed by atoms with Crippen LogP contribution in [-0.2, 0) is 14.8 Å². The van der Waals surface area contributed by atoms with Crippen molar-refractivity contribution >= 4 is 10.0 Å². The van der Waals surface area contributed by atoms with E-state index in [1.165, 1.54) is 17.4 Å². The van der Waals surface area contributed by atoms with Gasteiger partial charge in [-0.05, 0) is 68.9 Å². The molecule has 28 heavy (non-hydrogen) atoms. The molecule has 0 radical (unpaired) electrons. The van der Waals surface area contributed by atoms with E-state index in [2.05, 4.69) is 29.8 Å². The van der Waals surface area contributed by atoms with Gasteiger partial charge in [0.2, 0.25) is 10.0 Å². The maximum atomic E-state index is 11.9. The molecule has 0 aromatic heterocycles. The number of benzene rings is 1. The van der Waals surface area contributed by atoms with Gasteiger partial charge in [-0.25, -0.2) is 13.1 Å². The van der Waals surface area contributed by atoms with Crippen molar-refractivity contribution in [1.82, 2.24) is 4.72 Å². The summed E-state index contributed by atoms with van der Waals surface area (Å²) in [6, 6.07) is 6.49. The fraction of sp³-hybridized carbons (Fsp3) is 0.727. The molecule has 0 spiro atoms. The lowest BCUT2D eigenvalue weighted by Gasteiger charge is -2.40. The normalized spacial score (nSPS) is 33.7. The molecular weight excluding hydrogens is 374 g/mol. The highest BCUT2D eigenvalue weighted by molar-refractivity contribution is 7.88. The standard InChI is InChI=1S/C22H33NO4S/c1-15-6-11-22-19(12-15)16-7-9-18(10-8-16)26-14-20-17(13-27-22)4-3-5-21(20)23-28(2,24)25/h6,11-12,16-18,20-21,23H,3-5,7-10,13-14H2,1-2H3/t16-,17?,18+,20-,21+/m1/s1. The van der Waals surface area contributed by atoms with Crippen LogP contribution in [0, 0.1) is 18.8 Å². The van der Waals surface area contributed by atoms with Gasteiger partial charge >= 0.3 is 0 Å². The van der Waals surface area contributed by atoms with E-state index < -0.39 is 10.0 Å². The third-order valence-corrected chi connectivity index (χ3v) is 7.57. The highest BCUT2D eigenvalue weighted by Gasteiger charge is 2.37. The predicted octanol–water partition coefficient (Wildman–Crippen LogP) is 3.76.